The fourth-order valence-corrected chi connectivity index (χ4v) is 11.9. The minimum Gasteiger partial charge on any atom is -0.240 e. The molecule has 0 aliphatic heterocycles. The Hall–Kier alpha value is -1.15. The topological polar surface area (TPSA) is 12.9 Å². The molecular weight excluding hydrogens is 394 g/mol. The molecule has 0 radical (unpaired) electrons. The number of hydrogen-bond donors (Lipinski definition) is 0. The number of thiazole rings is 1. The maximum Gasteiger partial charge on any atom is 0.123 e. The van der Waals surface area contributed by atoms with E-state index in [-0.39, 0.29) is 0 Å². The van der Waals surface area contributed by atoms with Gasteiger partial charge in [-0.3, -0.25) is 0 Å². The van der Waals surface area contributed by atoms with E-state index in [2.05, 4.69) is 41.7 Å². The van der Waals surface area contributed by atoms with Crippen molar-refractivity contribution in [3.8, 4) is 10.6 Å². The molecule has 0 saturated heterocycles. The van der Waals surface area contributed by atoms with Crippen molar-refractivity contribution in [2.24, 2.45) is 35.5 Å². The van der Waals surface area contributed by atoms with Crippen molar-refractivity contribution in [3.63, 3.8) is 0 Å². The Balaban J connectivity index is 1.30. The van der Waals surface area contributed by atoms with Crippen LogP contribution in [0.15, 0.2) is 30.3 Å². The molecule has 10 rings (SSSR count). The monoisotopic (exact) mass is 429 g/mol. The Labute approximate surface area is 191 Å². The molecule has 8 aliphatic carbocycles. The normalized spacial score (nSPS) is 46.7. The molecule has 0 unspecified atom stereocenters. The fourth-order valence-electron chi connectivity index (χ4n) is 10.5. The number of aromatic nitrogens is 1. The van der Waals surface area contributed by atoms with E-state index in [0.29, 0.717) is 10.8 Å². The van der Waals surface area contributed by atoms with Gasteiger partial charge in [0.1, 0.15) is 5.01 Å². The summed E-state index contributed by atoms with van der Waals surface area (Å²) in [6.07, 6.45) is 18.0. The van der Waals surface area contributed by atoms with Crippen LogP contribution in [-0.2, 0) is 10.8 Å². The second kappa shape index (κ2) is 6.25. The van der Waals surface area contributed by atoms with Gasteiger partial charge in [-0.1, -0.05) is 30.3 Å². The van der Waals surface area contributed by atoms with E-state index in [4.69, 9.17) is 4.98 Å². The van der Waals surface area contributed by atoms with E-state index in [1.165, 1.54) is 87.6 Å². The quantitative estimate of drug-likeness (QED) is 0.486. The number of rotatable bonds is 3. The Kier molecular flexibility index (Phi) is 3.69. The second-order valence-corrected chi connectivity index (χ2v) is 14.0. The van der Waals surface area contributed by atoms with Gasteiger partial charge < -0.3 is 0 Å². The smallest absolute Gasteiger partial charge is 0.123 e. The average Bonchev–Trinajstić information content (AvgIpc) is 3.20. The molecule has 8 aliphatic rings. The van der Waals surface area contributed by atoms with Crippen molar-refractivity contribution in [1.29, 1.82) is 0 Å². The molecule has 31 heavy (non-hydrogen) atoms. The van der Waals surface area contributed by atoms with Gasteiger partial charge in [0.25, 0.3) is 0 Å². The van der Waals surface area contributed by atoms with E-state index >= 15 is 0 Å². The Morgan fingerprint density at radius 3 is 1.55 bits per heavy atom. The van der Waals surface area contributed by atoms with Crippen molar-refractivity contribution < 1.29 is 0 Å². The predicted octanol–water partition coefficient (Wildman–Crippen LogP) is 7.75. The first-order valence-corrected chi connectivity index (χ1v) is 14.1. The molecule has 8 saturated carbocycles. The van der Waals surface area contributed by atoms with Gasteiger partial charge in [-0.25, -0.2) is 4.98 Å². The molecule has 1 aromatic carbocycles. The highest BCUT2D eigenvalue weighted by Crippen LogP contribution is 2.66. The molecular formula is C29H35NS. The van der Waals surface area contributed by atoms with Crippen molar-refractivity contribution in [2.75, 3.05) is 0 Å². The zero-order valence-electron chi connectivity index (χ0n) is 18.7. The number of nitrogens with zero attached hydrogens (tertiary/aromatic N) is 1. The van der Waals surface area contributed by atoms with Crippen LogP contribution >= 0.6 is 11.3 Å². The molecule has 0 spiro atoms. The van der Waals surface area contributed by atoms with Gasteiger partial charge >= 0.3 is 0 Å². The third-order valence-corrected chi connectivity index (χ3v) is 12.1. The summed E-state index contributed by atoms with van der Waals surface area (Å²) in [7, 11) is 0. The molecule has 2 aromatic rings. The second-order valence-electron chi connectivity index (χ2n) is 13.0. The third kappa shape index (κ3) is 2.63. The highest BCUT2D eigenvalue weighted by Gasteiger charge is 2.58. The number of benzene rings is 1. The zero-order chi connectivity index (χ0) is 20.2. The molecule has 0 atom stereocenters. The van der Waals surface area contributed by atoms with E-state index in [9.17, 15) is 0 Å². The van der Waals surface area contributed by atoms with Crippen LogP contribution in [0.4, 0.5) is 0 Å². The molecule has 8 fully saturated rings. The maximum atomic E-state index is 5.65. The summed E-state index contributed by atoms with van der Waals surface area (Å²) in [6.45, 7) is 0. The van der Waals surface area contributed by atoms with Crippen molar-refractivity contribution >= 4 is 11.3 Å². The molecule has 162 valence electrons. The lowest BCUT2D eigenvalue weighted by Crippen LogP contribution is -2.52. The Morgan fingerprint density at radius 1 is 0.613 bits per heavy atom. The summed E-state index contributed by atoms with van der Waals surface area (Å²) in [5.74, 6) is 6.03. The first kappa shape index (κ1) is 18.3. The van der Waals surface area contributed by atoms with Crippen LogP contribution in [0.25, 0.3) is 10.6 Å². The predicted molar refractivity (Wildman–Crippen MR) is 127 cm³/mol. The molecule has 1 nitrogen and oxygen atoms in total. The van der Waals surface area contributed by atoms with E-state index in [0.717, 1.165) is 35.5 Å². The Morgan fingerprint density at radius 2 is 1.06 bits per heavy atom. The lowest BCUT2D eigenvalue weighted by Gasteiger charge is -2.59. The van der Waals surface area contributed by atoms with Crippen LogP contribution in [0.5, 0.6) is 0 Å². The Bertz CT molecular complexity index is 885. The highest BCUT2D eigenvalue weighted by molar-refractivity contribution is 7.15. The van der Waals surface area contributed by atoms with Crippen LogP contribution in [-0.4, -0.2) is 4.98 Å². The van der Waals surface area contributed by atoms with E-state index in [1.807, 2.05) is 0 Å². The molecule has 0 N–H and O–H groups in total. The van der Waals surface area contributed by atoms with E-state index in [1.54, 1.807) is 10.6 Å². The molecule has 1 aromatic heterocycles. The standard InChI is InChI=1S/C29H35NS/c1-2-4-24(5-3-1)27-30-25(28-12-18-6-19(13-28)8-20(7-18)14-28)26(31-27)29-15-21-9-22(16-29)11-23(10-21)17-29/h1-5,18-23H,6-17H2. The highest BCUT2D eigenvalue weighted by atomic mass is 32.1. The third-order valence-electron chi connectivity index (χ3n) is 10.7. The largest absolute Gasteiger partial charge is 0.240 e. The lowest BCUT2D eigenvalue weighted by molar-refractivity contribution is -0.0174. The van der Waals surface area contributed by atoms with Crippen molar-refractivity contribution in [1.82, 2.24) is 4.98 Å². The molecule has 1 heterocycles. The van der Waals surface area contributed by atoms with Crippen LogP contribution in [0.2, 0.25) is 0 Å². The summed E-state index contributed by atoms with van der Waals surface area (Å²) in [6, 6.07) is 11.1. The lowest BCUT2D eigenvalue weighted by atomic mass is 9.46. The van der Waals surface area contributed by atoms with Gasteiger partial charge in [-0.05, 0) is 113 Å². The number of hydrogen-bond acceptors (Lipinski definition) is 2. The zero-order valence-corrected chi connectivity index (χ0v) is 19.5. The summed E-state index contributed by atoms with van der Waals surface area (Å²) < 4.78 is 0. The van der Waals surface area contributed by atoms with Gasteiger partial charge in [0.2, 0.25) is 0 Å². The summed E-state index contributed by atoms with van der Waals surface area (Å²) >= 11 is 2.14. The van der Waals surface area contributed by atoms with Gasteiger partial charge in [0.15, 0.2) is 0 Å². The summed E-state index contributed by atoms with van der Waals surface area (Å²) in [5, 5.41) is 1.33. The van der Waals surface area contributed by atoms with Crippen LogP contribution in [0, 0.1) is 35.5 Å². The molecule has 2 heteroatoms. The van der Waals surface area contributed by atoms with Gasteiger partial charge in [0.05, 0.1) is 5.69 Å². The fraction of sp³-hybridized carbons (Fsp3) is 0.690. The summed E-state index contributed by atoms with van der Waals surface area (Å²) in [4.78, 5) is 7.44. The van der Waals surface area contributed by atoms with Crippen LogP contribution in [0.3, 0.4) is 0 Å². The first-order chi connectivity index (χ1) is 15.2. The minimum atomic E-state index is 0.428. The minimum absolute atomic E-state index is 0.428. The molecule has 0 amide bonds. The van der Waals surface area contributed by atoms with Gasteiger partial charge in [0, 0.05) is 21.3 Å². The first-order valence-electron chi connectivity index (χ1n) is 13.2. The van der Waals surface area contributed by atoms with Crippen LogP contribution < -0.4 is 0 Å². The summed E-state index contributed by atoms with van der Waals surface area (Å²) in [5.41, 5.74) is 3.90. The van der Waals surface area contributed by atoms with Crippen molar-refractivity contribution in [2.45, 2.75) is 87.9 Å². The average molecular weight is 430 g/mol. The SMILES string of the molecule is c1ccc(-c2nc(C34CC5CC(CC(C5)C3)C4)c(C34CC5CC(CC(C5)C3)C4)s2)cc1. The van der Waals surface area contributed by atoms with Gasteiger partial charge in [-0.2, -0.15) is 0 Å². The van der Waals surface area contributed by atoms with Crippen LogP contribution in [0.1, 0.15) is 87.6 Å². The van der Waals surface area contributed by atoms with E-state index < -0.39 is 0 Å². The van der Waals surface area contributed by atoms with Crippen molar-refractivity contribution in [3.05, 3.63) is 40.9 Å². The molecule has 8 bridgehead atoms. The van der Waals surface area contributed by atoms with Gasteiger partial charge in [-0.15, -0.1) is 11.3 Å². The maximum absolute atomic E-state index is 5.65.